The van der Waals surface area contributed by atoms with Crippen molar-refractivity contribution in [2.24, 2.45) is 7.05 Å². The van der Waals surface area contributed by atoms with E-state index in [2.05, 4.69) is 21.0 Å². The molecule has 0 aliphatic carbocycles. The molecule has 5 atom stereocenters. The maximum absolute atomic E-state index is 17.8. The van der Waals surface area contributed by atoms with Gasteiger partial charge in [0.2, 0.25) is 0 Å². The maximum atomic E-state index is 17.8. The average molecular weight is 724 g/mol. The summed E-state index contributed by atoms with van der Waals surface area (Å²) in [6, 6.07) is 5.78. The molecule has 0 amide bonds. The number of aryl methyl sites for hydroxylation is 1. The van der Waals surface area contributed by atoms with E-state index in [1.807, 2.05) is 6.20 Å². The number of hydrogen-bond donors (Lipinski definition) is 2. The minimum absolute atomic E-state index is 0.00250. The molecule has 13 heteroatoms. The van der Waals surface area contributed by atoms with Gasteiger partial charge in [-0.05, 0) is 74.2 Å². The first-order chi connectivity index (χ1) is 25.6. The van der Waals surface area contributed by atoms with Gasteiger partial charge in [-0.3, -0.25) is 9.58 Å². The predicted octanol–water partition coefficient (Wildman–Crippen LogP) is 5.75. The van der Waals surface area contributed by atoms with Crippen molar-refractivity contribution in [2.45, 2.75) is 74.3 Å². The Labute approximate surface area is 304 Å². The zero-order valence-corrected chi connectivity index (χ0v) is 29.5. The summed E-state index contributed by atoms with van der Waals surface area (Å²) in [4.78, 5) is 14.2. The van der Waals surface area contributed by atoms with Crippen LogP contribution in [0.1, 0.15) is 50.5 Å². The maximum Gasteiger partial charge on any atom is 0.319 e. The molecule has 2 bridgehead atoms. The summed E-state index contributed by atoms with van der Waals surface area (Å²) in [5.41, 5.74) is -0.291. The Morgan fingerprint density at radius 1 is 1.11 bits per heavy atom. The topological polar surface area (TPSA) is 101 Å². The number of terminal acetylenes is 1. The van der Waals surface area contributed by atoms with E-state index in [0.29, 0.717) is 53.5 Å². The summed E-state index contributed by atoms with van der Waals surface area (Å²) in [6.07, 6.45) is 12.8. The molecule has 274 valence electrons. The highest BCUT2D eigenvalue weighted by Crippen LogP contribution is 2.47. The smallest absolute Gasteiger partial charge is 0.319 e. The van der Waals surface area contributed by atoms with E-state index < -0.39 is 23.3 Å². The van der Waals surface area contributed by atoms with Gasteiger partial charge < -0.3 is 24.8 Å². The van der Waals surface area contributed by atoms with Crippen molar-refractivity contribution in [3.05, 3.63) is 47.7 Å². The lowest BCUT2D eigenvalue weighted by molar-refractivity contribution is 0.0326. The molecule has 5 saturated heterocycles. The molecule has 53 heavy (non-hydrogen) atoms. The summed E-state index contributed by atoms with van der Waals surface area (Å²) in [7, 11) is 1.75. The van der Waals surface area contributed by atoms with Gasteiger partial charge in [0.25, 0.3) is 0 Å². The normalized spacial score (nSPS) is 28.4. The van der Waals surface area contributed by atoms with Gasteiger partial charge in [0, 0.05) is 68.3 Å². The highest BCUT2D eigenvalue weighted by Gasteiger charge is 2.52. The molecule has 10 nitrogen and oxygen atoms in total. The Hall–Kier alpha value is -4.64. The van der Waals surface area contributed by atoms with Crippen molar-refractivity contribution >= 4 is 38.4 Å². The first-order valence-electron chi connectivity index (χ1n) is 18.6. The molecular weight excluding hydrogens is 683 g/mol. The van der Waals surface area contributed by atoms with Crippen LogP contribution in [0.2, 0.25) is 0 Å². The summed E-state index contributed by atoms with van der Waals surface area (Å²) in [5.74, 6) is 1.46. The lowest BCUT2D eigenvalue weighted by Gasteiger charge is -2.45. The molecule has 2 unspecified atom stereocenters. The van der Waals surface area contributed by atoms with Crippen LogP contribution in [0, 0.1) is 24.0 Å². The van der Waals surface area contributed by atoms with Gasteiger partial charge in [0.05, 0.1) is 28.1 Å². The number of benzene rings is 3. The monoisotopic (exact) mass is 723 g/mol. The molecule has 5 aromatic rings. The summed E-state index contributed by atoms with van der Waals surface area (Å²) < 4.78 is 62.1. The van der Waals surface area contributed by atoms with Gasteiger partial charge in [0.15, 0.2) is 5.82 Å². The largest absolute Gasteiger partial charge is 0.508 e. The number of fused-ring (bicyclic) bond motifs is 7. The van der Waals surface area contributed by atoms with Crippen molar-refractivity contribution < 1.29 is 27.8 Å². The summed E-state index contributed by atoms with van der Waals surface area (Å²) >= 11 is 0. The van der Waals surface area contributed by atoms with Crippen LogP contribution >= 0.6 is 0 Å². The van der Waals surface area contributed by atoms with Crippen molar-refractivity contribution in [2.75, 3.05) is 44.3 Å². The molecule has 0 spiro atoms. The fourth-order valence-electron chi connectivity index (χ4n) is 10.3. The van der Waals surface area contributed by atoms with E-state index >= 15 is 8.78 Å². The molecule has 5 aliphatic rings. The number of aromatic nitrogens is 4. The van der Waals surface area contributed by atoms with Crippen molar-refractivity contribution in [1.82, 2.24) is 30.0 Å². The van der Waals surface area contributed by atoms with E-state index in [4.69, 9.17) is 31.0 Å². The SMILES string of the molecule is C#Cc1c(F)ccc2cc(O)cc(-c3c(F)c4nc(OC[C@@]56CCCN5C[C@H](F)C6)nc(N5CC6CCC([C@H]7CCCO7)(C5)N6)c4c4cn(C)nc34)c12. The molecule has 10 rings (SSSR count). The van der Waals surface area contributed by atoms with Gasteiger partial charge in [-0.1, -0.05) is 12.0 Å². The predicted molar refractivity (Wildman–Crippen MR) is 195 cm³/mol. The first-order valence-corrected chi connectivity index (χ1v) is 18.6. The molecule has 3 aromatic carbocycles. The Balaban J connectivity index is 1.21. The third kappa shape index (κ3) is 5.02. The number of piperazine rings is 1. The molecule has 2 N–H and O–H groups in total. The van der Waals surface area contributed by atoms with Crippen molar-refractivity contribution in [3.8, 4) is 35.2 Å². The van der Waals surface area contributed by atoms with Crippen LogP contribution in [0.15, 0.2) is 30.5 Å². The van der Waals surface area contributed by atoms with Crippen LogP contribution in [0.4, 0.5) is 19.0 Å². The molecular formula is C40H40F3N7O3. The fraction of sp³-hybridized carbons (Fsp3) is 0.475. The number of nitrogens with zero attached hydrogens (tertiary/aromatic N) is 6. The van der Waals surface area contributed by atoms with E-state index in [1.165, 1.54) is 24.3 Å². The number of phenolic OH excluding ortho intramolecular Hbond substituents is 1. The Morgan fingerprint density at radius 2 is 2.00 bits per heavy atom. The van der Waals surface area contributed by atoms with E-state index in [0.717, 1.165) is 51.7 Å². The van der Waals surface area contributed by atoms with Gasteiger partial charge in [0.1, 0.15) is 41.2 Å². The highest BCUT2D eigenvalue weighted by atomic mass is 19.1. The summed E-state index contributed by atoms with van der Waals surface area (Å²) in [5, 5.41) is 21.3. The van der Waals surface area contributed by atoms with Gasteiger partial charge in [-0.15, -0.1) is 6.42 Å². The Morgan fingerprint density at radius 3 is 2.83 bits per heavy atom. The minimum atomic E-state index is -0.939. The van der Waals surface area contributed by atoms with E-state index in [9.17, 15) is 9.50 Å². The molecule has 5 aliphatic heterocycles. The molecule has 7 heterocycles. The summed E-state index contributed by atoms with van der Waals surface area (Å²) in [6.45, 7) is 3.30. The number of aromatic hydroxyl groups is 1. The number of ether oxygens (including phenoxy) is 2. The Bertz CT molecular complexity index is 2370. The van der Waals surface area contributed by atoms with Crippen LogP contribution in [0.3, 0.4) is 0 Å². The lowest BCUT2D eigenvalue weighted by atomic mass is 9.88. The average Bonchev–Trinajstić information content (AvgIpc) is 3.97. The standard InChI is InChI=1S/C40H40F3N7O3/c1-3-26-29(42)8-7-22-14-25(51)15-27(31(22)26)32-34(43)36-33(28-19-48(2)47-35(28)32)37(49-18-24-9-11-40(20-49,46-24)30-6-4-13-52-30)45-38(44-36)53-21-39-10-5-12-50(39)17-23(41)16-39/h1,7-8,14-15,19,23-24,30,46,51H,4-6,9-13,16-18,20-21H2,2H3/t23-,24?,30-,39+,40?/m1/s1. The number of hydrogen-bond acceptors (Lipinski definition) is 9. The number of phenols is 1. The van der Waals surface area contributed by atoms with Crippen LogP contribution in [0.5, 0.6) is 11.8 Å². The second kappa shape index (κ2) is 11.9. The second-order valence-corrected chi connectivity index (χ2v) is 15.7. The molecule has 0 saturated carbocycles. The van der Waals surface area contributed by atoms with Crippen LogP contribution < -0.4 is 15.0 Å². The number of anilines is 1. The number of halogens is 3. The lowest BCUT2D eigenvalue weighted by Crippen LogP contribution is -2.65. The van der Waals surface area contributed by atoms with Crippen molar-refractivity contribution in [1.29, 1.82) is 0 Å². The van der Waals surface area contributed by atoms with Gasteiger partial charge in [-0.25, -0.2) is 13.2 Å². The molecule has 0 radical (unpaired) electrons. The third-order valence-electron chi connectivity index (χ3n) is 12.5. The van der Waals surface area contributed by atoms with Gasteiger partial charge >= 0.3 is 6.01 Å². The molecule has 5 fully saturated rings. The number of rotatable bonds is 6. The number of nitrogens with one attached hydrogen (secondary N) is 1. The van der Waals surface area contributed by atoms with Crippen molar-refractivity contribution in [3.63, 3.8) is 0 Å². The zero-order chi connectivity index (χ0) is 36.2. The van der Waals surface area contributed by atoms with Crippen LogP contribution in [-0.4, -0.2) is 98.5 Å². The third-order valence-corrected chi connectivity index (χ3v) is 12.5. The Kier molecular flexibility index (Phi) is 7.42. The quantitative estimate of drug-likeness (QED) is 0.213. The van der Waals surface area contributed by atoms with Gasteiger partial charge in [-0.2, -0.15) is 15.1 Å². The zero-order valence-electron chi connectivity index (χ0n) is 29.5. The fourth-order valence-corrected chi connectivity index (χ4v) is 10.3. The minimum Gasteiger partial charge on any atom is -0.508 e. The van der Waals surface area contributed by atoms with E-state index in [-0.39, 0.29) is 63.6 Å². The molecule has 2 aromatic heterocycles. The first kappa shape index (κ1) is 33.0. The number of alkyl halides is 1. The van der Waals surface area contributed by atoms with E-state index in [1.54, 1.807) is 11.7 Å². The van der Waals surface area contributed by atoms with Crippen LogP contribution in [-0.2, 0) is 11.8 Å². The highest BCUT2D eigenvalue weighted by molar-refractivity contribution is 6.18. The second-order valence-electron chi connectivity index (χ2n) is 15.7. The van der Waals surface area contributed by atoms with Crippen LogP contribution in [0.25, 0.3) is 43.7 Å².